The van der Waals surface area contributed by atoms with Crippen LogP contribution in [0.2, 0.25) is 0 Å². The molecular formula is C15H13Br2FO2. The maximum atomic E-state index is 13.6. The molecule has 2 nitrogen and oxygen atoms in total. The molecule has 0 radical (unpaired) electrons. The summed E-state index contributed by atoms with van der Waals surface area (Å²) in [6.45, 7) is 0.646. The molecule has 0 saturated heterocycles. The van der Waals surface area contributed by atoms with E-state index in [0.717, 1.165) is 15.8 Å². The second-order valence-electron chi connectivity index (χ2n) is 4.05. The maximum absolute atomic E-state index is 13.6. The zero-order chi connectivity index (χ0) is 14.4. The zero-order valence-electron chi connectivity index (χ0n) is 10.6. The maximum Gasteiger partial charge on any atom is 0.165 e. The van der Waals surface area contributed by atoms with Gasteiger partial charge in [0.05, 0.1) is 0 Å². The van der Waals surface area contributed by atoms with Crippen molar-refractivity contribution in [2.24, 2.45) is 0 Å². The number of benzene rings is 2. The van der Waals surface area contributed by atoms with Gasteiger partial charge in [0.2, 0.25) is 0 Å². The van der Waals surface area contributed by atoms with Crippen LogP contribution in [0.4, 0.5) is 4.39 Å². The third-order valence-corrected chi connectivity index (χ3v) is 3.70. The molecule has 0 aliphatic rings. The Labute approximate surface area is 134 Å². The Morgan fingerprint density at radius 1 is 1.00 bits per heavy atom. The van der Waals surface area contributed by atoms with Crippen molar-refractivity contribution in [3.8, 4) is 11.5 Å². The lowest BCUT2D eigenvalue weighted by molar-refractivity contribution is 0.211. The van der Waals surface area contributed by atoms with E-state index >= 15 is 0 Å². The fourth-order valence-electron chi connectivity index (χ4n) is 1.61. The summed E-state index contributed by atoms with van der Waals surface area (Å²) in [5.41, 5.74) is 0.875. The first kappa shape index (κ1) is 15.3. The number of hydrogen-bond acceptors (Lipinski definition) is 2. The highest BCUT2D eigenvalue weighted by Crippen LogP contribution is 2.20. The van der Waals surface area contributed by atoms with E-state index in [4.69, 9.17) is 9.47 Å². The molecule has 0 atom stereocenters. The van der Waals surface area contributed by atoms with Gasteiger partial charge >= 0.3 is 0 Å². The highest BCUT2D eigenvalue weighted by atomic mass is 79.9. The van der Waals surface area contributed by atoms with Gasteiger partial charge in [-0.2, -0.15) is 0 Å². The zero-order valence-corrected chi connectivity index (χ0v) is 13.8. The molecule has 2 aromatic carbocycles. The van der Waals surface area contributed by atoms with E-state index in [-0.39, 0.29) is 18.2 Å². The molecule has 0 amide bonds. The predicted molar refractivity (Wildman–Crippen MR) is 84.2 cm³/mol. The Morgan fingerprint density at radius 3 is 2.50 bits per heavy atom. The van der Waals surface area contributed by atoms with Crippen LogP contribution < -0.4 is 9.47 Å². The van der Waals surface area contributed by atoms with Crippen LogP contribution in [-0.4, -0.2) is 13.2 Å². The molecule has 20 heavy (non-hydrogen) atoms. The molecule has 0 saturated carbocycles. The van der Waals surface area contributed by atoms with Gasteiger partial charge < -0.3 is 9.47 Å². The number of ether oxygens (including phenoxy) is 2. The summed E-state index contributed by atoms with van der Waals surface area (Å²) in [5, 5.41) is 0.621. The van der Waals surface area contributed by atoms with Crippen molar-refractivity contribution in [2.75, 3.05) is 13.2 Å². The van der Waals surface area contributed by atoms with E-state index in [1.165, 1.54) is 6.07 Å². The minimum atomic E-state index is -0.357. The monoisotopic (exact) mass is 402 g/mol. The Morgan fingerprint density at radius 2 is 1.80 bits per heavy atom. The summed E-state index contributed by atoms with van der Waals surface area (Å²) in [6.07, 6.45) is 0. The van der Waals surface area contributed by atoms with Gasteiger partial charge in [0, 0.05) is 9.80 Å². The summed E-state index contributed by atoms with van der Waals surface area (Å²) >= 11 is 6.65. The van der Waals surface area contributed by atoms with Crippen molar-refractivity contribution in [2.45, 2.75) is 5.33 Å². The molecule has 0 aromatic heterocycles. The van der Waals surface area contributed by atoms with Crippen LogP contribution in [0.5, 0.6) is 11.5 Å². The quantitative estimate of drug-likeness (QED) is 0.502. The van der Waals surface area contributed by atoms with Crippen LogP contribution in [0, 0.1) is 5.82 Å². The van der Waals surface area contributed by atoms with Crippen molar-refractivity contribution in [1.29, 1.82) is 0 Å². The van der Waals surface area contributed by atoms with Gasteiger partial charge in [0.25, 0.3) is 0 Å². The Bertz CT molecular complexity index is 576. The minimum absolute atomic E-state index is 0.243. The molecule has 0 aliphatic heterocycles. The van der Waals surface area contributed by atoms with E-state index in [9.17, 15) is 4.39 Å². The molecule has 0 unspecified atom stereocenters. The fourth-order valence-corrected chi connectivity index (χ4v) is 2.34. The smallest absolute Gasteiger partial charge is 0.165 e. The van der Waals surface area contributed by atoms with Crippen molar-refractivity contribution < 1.29 is 13.9 Å². The topological polar surface area (TPSA) is 18.5 Å². The first-order chi connectivity index (χ1) is 9.69. The molecule has 2 aromatic rings. The SMILES string of the molecule is Fc1cc(CBr)ccc1OCCOc1cccc(Br)c1. The van der Waals surface area contributed by atoms with Gasteiger partial charge in [-0.05, 0) is 35.9 Å². The number of rotatable bonds is 6. The van der Waals surface area contributed by atoms with Gasteiger partial charge in [-0.1, -0.05) is 44.0 Å². The van der Waals surface area contributed by atoms with Crippen molar-refractivity contribution >= 4 is 31.9 Å². The van der Waals surface area contributed by atoms with Crippen LogP contribution in [0.15, 0.2) is 46.9 Å². The third kappa shape index (κ3) is 4.49. The van der Waals surface area contributed by atoms with E-state index in [2.05, 4.69) is 31.9 Å². The first-order valence-electron chi connectivity index (χ1n) is 6.04. The third-order valence-electron chi connectivity index (χ3n) is 2.56. The summed E-state index contributed by atoms with van der Waals surface area (Å²) in [5.74, 6) is 0.634. The molecule has 0 fully saturated rings. The average Bonchev–Trinajstić information content (AvgIpc) is 2.45. The van der Waals surface area contributed by atoms with Gasteiger partial charge in [-0.3, -0.25) is 0 Å². The average molecular weight is 404 g/mol. The van der Waals surface area contributed by atoms with Crippen molar-refractivity contribution in [1.82, 2.24) is 0 Å². The number of hydrogen-bond donors (Lipinski definition) is 0. The highest BCUT2D eigenvalue weighted by molar-refractivity contribution is 9.10. The summed E-state index contributed by atoms with van der Waals surface area (Å²) < 4.78 is 25.5. The predicted octanol–water partition coefficient (Wildman–Crippen LogP) is 4.94. The number of alkyl halides is 1. The normalized spacial score (nSPS) is 10.3. The molecule has 0 N–H and O–H groups in total. The van der Waals surface area contributed by atoms with Gasteiger partial charge in [0.15, 0.2) is 11.6 Å². The van der Waals surface area contributed by atoms with E-state index in [1.807, 2.05) is 30.3 Å². The summed E-state index contributed by atoms with van der Waals surface area (Å²) in [7, 11) is 0. The standard InChI is InChI=1S/C15H13Br2FO2/c16-10-11-4-5-15(14(18)8-11)20-7-6-19-13-3-1-2-12(17)9-13/h1-5,8-9H,6-7,10H2. The van der Waals surface area contributed by atoms with Crippen LogP contribution in [0.25, 0.3) is 0 Å². The van der Waals surface area contributed by atoms with Crippen LogP contribution in [-0.2, 0) is 5.33 Å². The largest absolute Gasteiger partial charge is 0.490 e. The van der Waals surface area contributed by atoms with Crippen molar-refractivity contribution in [3.63, 3.8) is 0 Å². The van der Waals surface area contributed by atoms with E-state index < -0.39 is 0 Å². The lowest BCUT2D eigenvalue weighted by Gasteiger charge is -2.09. The van der Waals surface area contributed by atoms with E-state index in [0.29, 0.717) is 11.9 Å². The number of halogens is 3. The lowest BCUT2D eigenvalue weighted by Crippen LogP contribution is -2.09. The molecule has 0 heterocycles. The molecular weight excluding hydrogens is 391 g/mol. The van der Waals surface area contributed by atoms with Crippen molar-refractivity contribution in [3.05, 3.63) is 58.3 Å². The Balaban J connectivity index is 1.81. The second kappa shape index (κ2) is 7.64. The van der Waals surface area contributed by atoms with Gasteiger partial charge in [0.1, 0.15) is 19.0 Å². The molecule has 0 aliphatic carbocycles. The van der Waals surface area contributed by atoms with Gasteiger partial charge in [-0.15, -0.1) is 0 Å². The molecule has 5 heteroatoms. The van der Waals surface area contributed by atoms with Crippen LogP contribution in [0.1, 0.15) is 5.56 Å². The summed E-state index contributed by atoms with van der Waals surface area (Å²) in [4.78, 5) is 0. The van der Waals surface area contributed by atoms with Crippen LogP contribution in [0.3, 0.4) is 0 Å². The Kier molecular flexibility index (Phi) is 5.86. The highest BCUT2D eigenvalue weighted by Gasteiger charge is 2.04. The molecule has 0 bridgehead atoms. The molecule has 106 valence electrons. The molecule has 2 rings (SSSR count). The lowest BCUT2D eigenvalue weighted by atomic mass is 10.2. The fraction of sp³-hybridized carbons (Fsp3) is 0.200. The first-order valence-corrected chi connectivity index (χ1v) is 7.96. The minimum Gasteiger partial charge on any atom is -0.490 e. The Hall–Kier alpha value is -1.07. The van der Waals surface area contributed by atoms with Crippen LogP contribution >= 0.6 is 31.9 Å². The second-order valence-corrected chi connectivity index (χ2v) is 5.53. The molecule has 0 spiro atoms. The summed E-state index contributed by atoms with van der Waals surface area (Å²) in [6, 6.07) is 12.4. The van der Waals surface area contributed by atoms with E-state index in [1.54, 1.807) is 6.07 Å². The van der Waals surface area contributed by atoms with Gasteiger partial charge in [-0.25, -0.2) is 4.39 Å².